The van der Waals surface area contributed by atoms with Crippen LogP contribution in [0.15, 0.2) is 12.1 Å². The summed E-state index contributed by atoms with van der Waals surface area (Å²) in [7, 11) is 1.56. The molecule has 0 fully saturated rings. The van der Waals surface area contributed by atoms with Crippen LogP contribution in [0.1, 0.15) is 0 Å². The van der Waals surface area contributed by atoms with Crippen molar-refractivity contribution in [2.24, 2.45) is 0 Å². The zero-order valence-corrected chi connectivity index (χ0v) is 9.62. The van der Waals surface area contributed by atoms with Crippen LogP contribution in [0.4, 0.5) is 11.4 Å². The lowest BCUT2D eigenvalue weighted by molar-refractivity contribution is -0.118. The fraction of sp³-hybridized carbons (Fsp3) is 0.222. The van der Waals surface area contributed by atoms with Crippen molar-refractivity contribution in [3.63, 3.8) is 0 Å². The second-order valence-electron chi connectivity index (χ2n) is 2.88. The number of hydrogen-bond donors (Lipinski definition) is 3. The summed E-state index contributed by atoms with van der Waals surface area (Å²) in [6.07, 6.45) is 0. The summed E-state index contributed by atoms with van der Waals surface area (Å²) < 4.78 is 0. The van der Waals surface area contributed by atoms with E-state index < -0.39 is 0 Å². The average molecular weight is 248 g/mol. The van der Waals surface area contributed by atoms with Crippen LogP contribution in [0.25, 0.3) is 0 Å². The van der Waals surface area contributed by atoms with Crippen molar-refractivity contribution in [1.82, 2.24) is 5.32 Å². The number of carbonyl (C=O) groups excluding carboxylic acids is 1. The lowest BCUT2D eigenvalue weighted by atomic mass is 10.2. The highest BCUT2D eigenvalue weighted by Gasteiger charge is 2.05. The molecule has 0 aliphatic heterocycles. The average Bonchev–Trinajstić information content (AvgIpc) is 2.21. The van der Waals surface area contributed by atoms with Crippen molar-refractivity contribution >= 4 is 40.5 Å². The number of carbonyl (C=O) groups is 1. The second kappa shape index (κ2) is 5.09. The van der Waals surface area contributed by atoms with Gasteiger partial charge in [-0.3, -0.25) is 4.79 Å². The molecular weight excluding hydrogens is 237 g/mol. The highest BCUT2D eigenvalue weighted by atomic mass is 35.5. The van der Waals surface area contributed by atoms with Gasteiger partial charge in [0, 0.05) is 7.05 Å². The van der Waals surface area contributed by atoms with E-state index in [2.05, 4.69) is 10.6 Å². The molecule has 4 N–H and O–H groups in total. The van der Waals surface area contributed by atoms with Crippen molar-refractivity contribution in [1.29, 1.82) is 0 Å². The molecule has 0 aromatic heterocycles. The fourth-order valence-corrected chi connectivity index (χ4v) is 1.31. The highest BCUT2D eigenvalue weighted by Crippen LogP contribution is 2.30. The van der Waals surface area contributed by atoms with Gasteiger partial charge >= 0.3 is 0 Å². The van der Waals surface area contributed by atoms with E-state index in [0.29, 0.717) is 21.4 Å². The molecule has 82 valence electrons. The minimum absolute atomic E-state index is 0.138. The number of nitrogens with one attached hydrogen (secondary N) is 2. The Labute approximate surface area is 97.7 Å². The van der Waals surface area contributed by atoms with Crippen molar-refractivity contribution in [2.45, 2.75) is 0 Å². The number of halogens is 2. The number of nitrogen functional groups attached to an aromatic ring is 1. The third-order valence-electron chi connectivity index (χ3n) is 1.81. The smallest absolute Gasteiger partial charge is 0.239 e. The Morgan fingerprint density at radius 2 is 2.00 bits per heavy atom. The van der Waals surface area contributed by atoms with Gasteiger partial charge in [-0.05, 0) is 12.1 Å². The van der Waals surface area contributed by atoms with E-state index in [1.165, 1.54) is 6.07 Å². The predicted octanol–water partition coefficient (Wildman–Crippen LogP) is 1.73. The summed E-state index contributed by atoms with van der Waals surface area (Å²) in [5.41, 5.74) is 6.72. The molecule has 1 aromatic carbocycles. The van der Waals surface area contributed by atoms with E-state index in [1.54, 1.807) is 13.1 Å². The quantitative estimate of drug-likeness (QED) is 0.713. The summed E-state index contributed by atoms with van der Waals surface area (Å²) >= 11 is 11.6. The molecule has 1 rings (SSSR count). The van der Waals surface area contributed by atoms with Gasteiger partial charge in [0.25, 0.3) is 0 Å². The minimum Gasteiger partial charge on any atom is -0.397 e. The molecule has 0 saturated carbocycles. The standard InChI is InChI=1S/C9H11Cl2N3O/c1-13-9(15)4-14-8-3-6(11)5(10)2-7(8)12/h2-3,14H,4,12H2,1H3,(H,13,15). The molecule has 0 aliphatic rings. The second-order valence-corrected chi connectivity index (χ2v) is 3.69. The lowest BCUT2D eigenvalue weighted by Gasteiger charge is -2.09. The van der Waals surface area contributed by atoms with Gasteiger partial charge in [-0.2, -0.15) is 0 Å². The third-order valence-corrected chi connectivity index (χ3v) is 2.53. The van der Waals surface area contributed by atoms with Crippen LogP contribution in [-0.2, 0) is 4.79 Å². The molecule has 0 radical (unpaired) electrons. The molecular formula is C9H11Cl2N3O. The fourth-order valence-electron chi connectivity index (χ4n) is 0.979. The van der Waals surface area contributed by atoms with Gasteiger partial charge in [0.15, 0.2) is 0 Å². The third kappa shape index (κ3) is 3.18. The van der Waals surface area contributed by atoms with Crippen LogP contribution in [-0.4, -0.2) is 19.5 Å². The molecule has 0 unspecified atom stereocenters. The van der Waals surface area contributed by atoms with E-state index in [4.69, 9.17) is 28.9 Å². The first-order valence-electron chi connectivity index (χ1n) is 4.23. The zero-order valence-electron chi connectivity index (χ0n) is 8.10. The molecule has 0 atom stereocenters. The van der Waals surface area contributed by atoms with Crippen molar-refractivity contribution in [3.8, 4) is 0 Å². The number of likely N-dealkylation sites (N-methyl/N-ethyl adjacent to an activating group) is 1. The summed E-state index contributed by atoms with van der Waals surface area (Å²) in [5.74, 6) is -0.138. The molecule has 0 heterocycles. The van der Waals surface area contributed by atoms with Gasteiger partial charge in [-0.15, -0.1) is 0 Å². The number of anilines is 2. The monoisotopic (exact) mass is 247 g/mol. The van der Waals surface area contributed by atoms with Crippen LogP contribution in [0.3, 0.4) is 0 Å². The molecule has 1 aromatic rings. The Balaban J connectivity index is 2.77. The SMILES string of the molecule is CNC(=O)CNc1cc(Cl)c(Cl)cc1N. The molecule has 15 heavy (non-hydrogen) atoms. The summed E-state index contributed by atoms with van der Waals surface area (Å²) in [4.78, 5) is 11.0. The number of nitrogens with two attached hydrogens (primary N) is 1. The number of amides is 1. The van der Waals surface area contributed by atoms with Crippen molar-refractivity contribution in [3.05, 3.63) is 22.2 Å². The van der Waals surface area contributed by atoms with E-state index in [9.17, 15) is 4.79 Å². The van der Waals surface area contributed by atoms with E-state index in [1.807, 2.05) is 0 Å². The maximum atomic E-state index is 11.0. The predicted molar refractivity (Wildman–Crippen MR) is 63.4 cm³/mol. The molecule has 0 spiro atoms. The highest BCUT2D eigenvalue weighted by molar-refractivity contribution is 6.42. The molecule has 4 nitrogen and oxygen atoms in total. The number of hydrogen-bond acceptors (Lipinski definition) is 3. The Morgan fingerprint density at radius 3 is 2.60 bits per heavy atom. The van der Waals surface area contributed by atoms with Gasteiger partial charge in [0.05, 0.1) is 28.0 Å². The van der Waals surface area contributed by atoms with E-state index in [-0.39, 0.29) is 12.5 Å². The first-order valence-corrected chi connectivity index (χ1v) is 4.99. The van der Waals surface area contributed by atoms with Crippen LogP contribution >= 0.6 is 23.2 Å². The Bertz CT molecular complexity index is 382. The van der Waals surface area contributed by atoms with Gasteiger partial charge in [-0.25, -0.2) is 0 Å². The normalized spacial score (nSPS) is 9.80. The first kappa shape index (κ1) is 11.9. The molecule has 0 bridgehead atoms. The van der Waals surface area contributed by atoms with Gasteiger partial charge in [-0.1, -0.05) is 23.2 Å². The van der Waals surface area contributed by atoms with E-state index in [0.717, 1.165) is 0 Å². The van der Waals surface area contributed by atoms with E-state index >= 15 is 0 Å². The van der Waals surface area contributed by atoms with Gasteiger partial charge < -0.3 is 16.4 Å². The molecule has 0 aliphatic carbocycles. The molecule has 0 saturated heterocycles. The Hall–Kier alpha value is -1.13. The van der Waals surface area contributed by atoms with Crippen molar-refractivity contribution < 1.29 is 4.79 Å². The largest absolute Gasteiger partial charge is 0.397 e. The number of rotatable bonds is 3. The summed E-state index contributed by atoms with van der Waals surface area (Å²) in [5, 5.41) is 6.11. The molecule has 6 heteroatoms. The van der Waals surface area contributed by atoms with Crippen LogP contribution < -0.4 is 16.4 Å². The van der Waals surface area contributed by atoms with Crippen LogP contribution in [0, 0.1) is 0 Å². The maximum absolute atomic E-state index is 11.0. The lowest BCUT2D eigenvalue weighted by Crippen LogP contribution is -2.26. The Morgan fingerprint density at radius 1 is 1.40 bits per heavy atom. The topological polar surface area (TPSA) is 67.2 Å². The zero-order chi connectivity index (χ0) is 11.4. The van der Waals surface area contributed by atoms with Gasteiger partial charge in [0.1, 0.15) is 0 Å². The molecule has 1 amide bonds. The summed E-state index contributed by atoms with van der Waals surface area (Å²) in [6.45, 7) is 0.138. The number of benzene rings is 1. The van der Waals surface area contributed by atoms with Crippen molar-refractivity contribution in [2.75, 3.05) is 24.6 Å². The Kier molecular flexibility index (Phi) is 4.05. The van der Waals surface area contributed by atoms with Crippen LogP contribution in [0.2, 0.25) is 10.0 Å². The minimum atomic E-state index is -0.138. The summed E-state index contributed by atoms with van der Waals surface area (Å²) in [6, 6.07) is 3.12. The first-order chi connectivity index (χ1) is 7.04. The van der Waals surface area contributed by atoms with Gasteiger partial charge in [0.2, 0.25) is 5.91 Å². The van der Waals surface area contributed by atoms with Crippen LogP contribution in [0.5, 0.6) is 0 Å². The maximum Gasteiger partial charge on any atom is 0.239 e.